The van der Waals surface area contributed by atoms with E-state index in [0.29, 0.717) is 28.1 Å². The predicted octanol–water partition coefficient (Wildman–Crippen LogP) is 5.08. The Bertz CT molecular complexity index is 1510. The summed E-state index contributed by atoms with van der Waals surface area (Å²) in [6.07, 6.45) is 0. The molecule has 0 spiro atoms. The van der Waals surface area contributed by atoms with E-state index in [1.807, 2.05) is 6.92 Å². The molecular formula is C25H22N2O6S2. The molecule has 180 valence electrons. The molecule has 0 unspecified atom stereocenters. The largest absolute Gasteiger partial charge is 0.494 e. The van der Waals surface area contributed by atoms with E-state index in [1.165, 1.54) is 31.3 Å². The summed E-state index contributed by atoms with van der Waals surface area (Å²) >= 11 is 1.06. The molecule has 1 heterocycles. The third-order valence-electron chi connectivity index (χ3n) is 5.25. The summed E-state index contributed by atoms with van der Waals surface area (Å²) in [5.41, 5.74) is 0.655. The van der Waals surface area contributed by atoms with Crippen LogP contribution in [0.5, 0.6) is 5.75 Å². The number of nitrogens with one attached hydrogen (secondary N) is 1. The number of hydrogen-bond donors (Lipinski definition) is 2. The van der Waals surface area contributed by atoms with Gasteiger partial charge in [-0.15, -0.1) is 11.3 Å². The van der Waals surface area contributed by atoms with E-state index in [9.17, 15) is 23.1 Å². The molecule has 0 fully saturated rings. The van der Waals surface area contributed by atoms with E-state index in [0.717, 1.165) is 15.6 Å². The normalized spacial score (nSPS) is 11.3. The Morgan fingerprint density at radius 2 is 1.74 bits per heavy atom. The minimum Gasteiger partial charge on any atom is -0.494 e. The first kappa shape index (κ1) is 24.2. The van der Waals surface area contributed by atoms with Gasteiger partial charge in [-0.3, -0.25) is 9.10 Å². The van der Waals surface area contributed by atoms with Crippen molar-refractivity contribution in [2.45, 2.75) is 11.8 Å². The van der Waals surface area contributed by atoms with Gasteiger partial charge < -0.3 is 15.2 Å². The van der Waals surface area contributed by atoms with Crippen LogP contribution in [-0.2, 0) is 10.0 Å². The maximum absolute atomic E-state index is 13.8. The lowest BCUT2D eigenvalue weighted by Crippen LogP contribution is -2.28. The molecule has 1 amide bonds. The molecule has 0 bridgehead atoms. The zero-order valence-electron chi connectivity index (χ0n) is 18.9. The zero-order chi connectivity index (χ0) is 25.2. The summed E-state index contributed by atoms with van der Waals surface area (Å²) in [5, 5.41) is 12.3. The van der Waals surface area contributed by atoms with Gasteiger partial charge in [-0.1, -0.05) is 24.3 Å². The molecule has 0 aliphatic heterocycles. The van der Waals surface area contributed by atoms with E-state index in [4.69, 9.17) is 4.74 Å². The standard InChI is InChI=1S/C25H22N2O6S2/c1-3-33-19-13-11-18(12-14-19)27(2)35(31,32)23-20-9-4-5-10-21(20)34-22(23)24(28)26-17-8-6-7-16(15-17)25(29)30/h4-15H,3H2,1-2H3,(H,26,28)(H,29,30). The van der Waals surface area contributed by atoms with Gasteiger partial charge in [-0.05, 0) is 55.5 Å². The fourth-order valence-corrected chi connectivity index (χ4v) is 6.49. The number of carbonyl (C=O) groups is 2. The number of thiophene rings is 1. The molecule has 3 aromatic carbocycles. The molecule has 35 heavy (non-hydrogen) atoms. The van der Waals surface area contributed by atoms with Gasteiger partial charge in [-0.2, -0.15) is 0 Å². The molecule has 0 atom stereocenters. The third kappa shape index (κ3) is 4.84. The first-order valence-corrected chi connectivity index (χ1v) is 12.9. The SMILES string of the molecule is CCOc1ccc(N(C)S(=O)(=O)c2c(C(=O)Nc3cccc(C(=O)O)c3)sc3ccccc23)cc1. The topological polar surface area (TPSA) is 113 Å². The van der Waals surface area contributed by atoms with E-state index in [-0.39, 0.29) is 21.0 Å². The third-order valence-corrected chi connectivity index (χ3v) is 8.42. The van der Waals surface area contributed by atoms with Gasteiger partial charge >= 0.3 is 5.97 Å². The van der Waals surface area contributed by atoms with Gasteiger partial charge in [0.25, 0.3) is 15.9 Å². The second-order valence-electron chi connectivity index (χ2n) is 7.50. The van der Waals surface area contributed by atoms with Crippen LogP contribution in [0.3, 0.4) is 0 Å². The highest BCUT2D eigenvalue weighted by Gasteiger charge is 2.32. The van der Waals surface area contributed by atoms with E-state index < -0.39 is 21.9 Å². The lowest BCUT2D eigenvalue weighted by molar-refractivity contribution is 0.0696. The summed E-state index contributed by atoms with van der Waals surface area (Å²) in [6, 6.07) is 19.3. The summed E-state index contributed by atoms with van der Waals surface area (Å²) in [6.45, 7) is 2.35. The van der Waals surface area contributed by atoms with Crippen LogP contribution in [-0.4, -0.2) is 39.1 Å². The van der Waals surface area contributed by atoms with Crippen LogP contribution in [0.2, 0.25) is 0 Å². The van der Waals surface area contributed by atoms with Crippen LogP contribution < -0.4 is 14.4 Å². The van der Waals surface area contributed by atoms with Gasteiger partial charge in [0.15, 0.2) is 0 Å². The van der Waals surface area contributed by atoms with Crippen LogP contribution in [0.1, 0.15) is 27.0 Å². The van der Waals surface area contributed by atoms with Crippen molar-refractivity contribution in [2.24, 2.45) is 0 Å². The Hall–Kier alpha value is -3.89. The number of carbonyl (C=O) groups excluding carboxylic acids is 1. The van der Waals surface area contributed by atoms with Crippen LogP contribution >= 0.6 is 11.3 Å². The second kappa shape index (κ2) is 9.77. The number of fused-ring (bicyclic) bond motifs is 1. The predicted molar refractivity (Wildman–Crippen MR) is 136 cm³/mol. The lowest BCUT2D eigenvalue weighted by atomic mass is 10.2. The van der Waals surface area contributed by atoms with E-state index in [2.05, 4.69) is 5.32 Å². The summed E-state index contributed by atoms with van der Waals surface area (Å²) in [5.74, 6) is -1.16. The van der Waals surface area contributed by atoms with Crippen molar-refractivity contribution in [2.75, 3.05) is 23.3 Å². The van der Waals surface area contributed by atoms with Crippen molar-refractivity contribution in [3.05, 3.63) is 83.2 Å². The van der Waals surface area contributed by atoms with Gasteiger partial charge in [0, 0.05) is 22.8 Å². The molecule has 8 nitrogen and oxygen atoms in total. The van der Waals surface area contributed by atoms with Gasteiger partial charge in [0.2, 0.25) is 0 Å². The first-order chi connectivity index (χ1) is 16.7. The molecule has 4 aromatic rings. The zero-order valence-corrected chi connectivity index (χ0v) is 20.5. The fourth-order valence-electron chi connectivity index (χ4n) is 3.54. The number of ether oxygens (including phenoxy) is 1. The Morgan fingerprint density at radius 1 is 1.03 bits per heavy atom. The highest BCUT2D eigenvalue weighted by molar-refractivity contribution is 7.93. The number of sulfonamides is 1. The fraction of sp³-hybridized carbons (Fsp3) is 0.120. The van der Waals surface area contributed by atoms with Crippen molar-refractivity contribution in [3.8, 4) is 5.75 Å². The first-order valence-electron chi connectivity index (χ1n) is 10.6. The number of carboxylic acids is 1. The van der Waals surface area contributed by atoms with Crippen molar-refractivity contribution < 1.29 is 27.9 Å². The van der Waals surface area contributed by atoms with Crippen LogP contribution in [0, 0.1) is 0 Å². The van der Waals surface area contributed by atoms with E-state index >= 15 is 0 Å². The van der Waals surface area contributed by atoms with Crippen molar-refractivity contribution >= 4 is 54.7 Å². The Balaban J connectivity index is 1.76. The van der Waals surface area contributed by atoms with Crippen molar-refractivity contribution in [1.82, 2.24) is 0 Å². The van der Waals surface area contributed by atoms with Crippen molar-refractivity contribution in [1.29, 1.82) is 0 Å². The molecule has 0 aliphatic carbocycles. The quantitative estimate of drug-likeness (QED) is 0.342. The number of carboxylic acid groups (broad SMARTS) is 1. The highest BCUT2D eigenvalue weighted by atomic mass is 32.2. The number of amides is 1. The Morgan fingerprint density at radius 3 is 2.43 bits per heavy atom. The molecule has 1 aromatic heterocycles. The molecule has 0 radical (unpaired) electrons. The Labute approximate surface area is 206 Å². The number of rotatable bonds is 8. The second-order valence-corrected chi connectivity index (χ2v) is 10.5. The monoisotopic (exact) mass is 510 g/mol. The average molecular weight is 511 g/mol. The average Bonchev–Trinajstić information content (AvgIpc) is 3.25. The molecule has 0 saturated carbocycles. The molecular weight excluding hydrogens is 488 g/mol. The minimum atomic E-state index is -4.14. The van der Waals surface area contributed by atoms with Crippen LogP contribution in [0.25, 0.3) is 10.1 Å². The molecule has 10 heteroatoms. The van der Waals surface area contributed by atoms with Crippen molar-refractivity contribution in [3.63, 3.8) is 0 Å². The summed E-state index contributed by atoms with van der Waals surface area (Å²) in [4.78, 5) is 24.4. The van der Waals surface area contributed by atoms with Crippen LogP contribution in [0.4, 0.5) is 11.4 Å². The maximum atomic E-state index is 13.8. The Kier molecular flexibility index (Phi) is 6.77. The number of aromatic carboxylic acids is 1. The summed E-state index contributed by atoms with van der Waals surface area (Å²) in [7, 11) is -2.72. The number of hydrogen-bond acceptors (Lipinski definition) is 6. The number of nitrogens with zero attached hydrogens (tertiary/aromatic N) is 1. The summed E-state index contributed by atoms with van der Waals surface area (Å²) < 4.78 is 34.8. The highest BCUT2D eigenvalue weighted by Crippen LogP contribution is 2.38. The van der Waals surface area contributed by atoms with Gasteiger partial charge in [-0.25, -0.2) is 13.2 Å². The molecule has 4 rings (SSSR count). The van der Waals surface area contributed by atoms with Crippen LogP contribution in [0.15, 0.2) is 77.7 Å². The van der Waals surface area contributed by atoms with Gasteiger partial charge in [0.05, 0.1) is 17.9 Å². The van der Waals surface area contributed by atoms with Gasteiger partial charge in [0.1, 0.15) is 15.5 Å². The molecule has 2 N–H and O–H groups in total. The number of benzene rings is 3. The molecule has 0 saturated heterocycles. The van der Waals surface area contributed by atoms with E-state index in [1.54, 1.807) is 48.5 Å². The maximum Gasteiger partial charge on any atom is 0.335 e. The smallest absolute Gasteiger partial charge is 0.335 e. The number of anilines is 2. The minimum absolute atomic E-state index is 0.00205. The lowest BCUT2D eigenvalue weighted by Gasteiger charge is -2.20. The molecule has 0 aliphatic rings.